The Hall–Kier alpha value is -1.56. The molecule has 0 aromatic heterocycles. The molecule has 0 heteroatoms. The molecule has 0 fully saturated rings. The highest BCUT2D eigenvalue weighted by molar-refractivity contribution is 5.25. The maximum atomic E-state index is 2.16. The molecule has 0 atom stereocenters. The van der Waals surface area contributed by atoms with Gasteiger partial charge in [0.2, 0.25) is 0 Å². The average molecular weight is 256 g/mol. The van der Waals surface area contributed by atoms with Gasteiger partial charge in [-0.2, -0.15) is 0 Å². The van der Waals surface area contributed by atoms with Crippen LogP contribution in [0, 0.1) is 0 Å². The normalized spacial score (nSPS) is 8.63. The van der Waals surface area contributed by atoms with E-state index in [0.29, 0.717) is 0 Å². The summed E-state index contributed by atoms with van der Waals surface area (Å²) >= 11 is 0. The minimum atomic E-state index is 1.03. The fraction of sp³-hybridized carbons (Fsp3) is 0.368. The Balaban J connectivity index is 0.000000465. The summed E-state index contributed by atoms with van der Waals surface area (Å²) in [5.41, 5.74) is 2.74. The van der Waals surface area contributed by atoms with Crippen LogP contribution in [0.2, 0.25) is 0 Å². The van der Waals surface area contributed by atoms with Crippen molar-refractivity contribution >= 4 is 0 Å². The van der Waals surface area contributed by atoms with Crippen LogP contribution in [0.3, 0.4) is 0 Å². The van der Waals surface area contributed by atoms with Crippen molar-refractivity contribution in [2.45, 2.75) is 47.0 Å². The third kappa shape index (κ3) is 10.1. The van der Waals surface area contributed by atoms with Crippen LogP contribution in [0.1, 0.15) is 51.7 Å². The summed E-state index contributed by atoms with van der Waals surface area (Å²) in [6, 6.07) is 21.1. The Morgan fingerprint density at radius 1 is 0.526 bits per heavy atom. The van der Waals surface area contributed by atoms with Gasteiger partial charge in [0.1, 0.15) is 0 Å². The van der Waals surface area contributed by atoms with Gasteiger partial charge in [-0.15, -0.1) is 0 Å². The lowest BCUT2D eigenvalue weighted by Gasteiger charge is -2.00. The third-order valence-electron chi connectivity index (χ3n) is 2.09. The van der Waals surface area contributed by atoms with E-state index in [0.717, 1.165) is 6.42 Å². The van der Waals surface area contributed by atoms with Crippen molar-refractivity contribution in [3.63, 3.8) is 0 Å². The second-order valence-corrected chi connectivity index (χ2v) is 4.56. The van der Waals surface area contributed by atoms with Gasteiger partial charge in [-0.3, -0.25) is 0 Å². The van der Waals surface area contributed by atoms with Crippen molar-refractivity contribution in [2.24, 2.45) is 0 Å². The van der Waals surface area contributed by atoms with Crippen LogP contribution < -0.4 is 0 Å². The van der Waals surface area contributed by atoms with Crippen molar-refractivity contribution in [3.05, 3.63) is 71.8 Å². The molecule has 0 saturated carbocycles. The lowest BCUT2D eigenvalue weighted by molar-refractivity contribution is 1.09. The van der Waals surface area contributed by atoms with Gasteiger partial charge >= 0.3 is 0 Å². The van der Waals surface area contributed by atoms with Gasteiger partial charge in [0.05, 0.1) is 0 Å². The van der Waals surface area contributed by atoms with Crippen LogP contribution in [0.15, 0.2) is 60.7 Å². The first-order valence-corrected chi connectivity index (χ1v) is 7.36. The van der Waals surface area contributed by atoms with E-state index in [2.05, 4.69) is 88.4 Å². The molecule has 2 aromatic carbocycles. The van der Waals surface area contributed by atoms with Crippen LogP contribution in [0.25, 0.3) is 0 Å². The zero-order valence-electron chi connectivity index (χ0n) is 12.9. The lowest BCUT2D eigenvalue weighted by Crippen LogP contribution is -1.85. The highest BCUT2D eigenvalue weighted by Gasteiger charge is 1.92. The molecule has 19 heavy (non-hydrogen) atoms. The van der Waals surface area contributed by atoms with Crippen LogP contribution >= 0.6 is 0 Å². The number of benzene rings is 2. The van der Waals surface area contributed by atoms with E-state index in [9.17, 15) is 0 Å². The molecule has 2 aromatic rings. The largest absolute Gasteiger partial charge is 0.0656 e. The van der Waals surface area contributed by atoms with Crippen LogP contribution in [0.4, 0.5) is 0 Å². The predicted molar refractivity (Wildman–Crippen MR) is 87.6 cm³/mol. The Morgan fingerprint density at radius 2 is 0.789 bits per heavy atom. The van der Waals surface area contributed by atoms with Gasteiger partial charge in [0, 0.05) is 0 Å². The Morgan fingerprint density at radius 3 is 1.05 bits per heavy atom. The second kappa shape index (κ2) is 12.9. The fourth-order valence-electron chi connectivity index (χ4n) is 1.43. The Kier molecular flexibility index (Phi) is 11.8. The standard InChI is InChI=1S/C13H12.2C3H8/c1-3-7-12(8-4-1)11-13-9-5-2-6-10-13;2*1-3-2/h1-10H,11H2;2*3H2,1-2H3. The molecule has 0 amide bonds. The molecule has 0 spiro atoms. The minimum Gasteiger partial charge on any atom is -0.0656 e. The molecule has 0 nitrogen and oxygen atoms in total. The molecule has 0 heterocycles. The van der Waals surface area contributed by atoms with Gasteiger partial charge in [0.25, 0.3) is 0 Å². The monoisotopic (exact) mass is 256 g/mol. The predicted octanol–water partition coefficient (Wildman–Crippen LogP) is 6.11. The summed E-state index contributed by atoms with van der Waals surface area (Å²) in [5, 5.41) is 0. The topological polar surface area (TPSA) is 0 Å². The summed E-state index contributed by atoms with van der Waals surface area (Å²) in [6.45, 7) is 8.50. The number of rotatable bonds is 2. The average Bonchev–Trinajstić information content (AvgIpc) is 2.43. The fourth-order valence-corrected chi connectivity index (χ4v) is 1.43. The molecular weight excluding hydrogens is 228 g/mol. The van der Waals surface area contributed by atoms with Crippen molar-refractivity contribution in [1.29, 1.82) is 0 Å². The summed E-state index contributed by atoms with van der Waals surface area (Å²) in [7, 11) is 0. The van der Waals surface area contributed by atoms with Crippen molar-refractivity contribution in [1.82, 2.24) is 0 Å². The number of hydrogen-bond acceptors (Lipinski definition) is 0. The van der Waals surface area contributed by atoms with E-state index in [1.807, 2.05) is 0 Å². The molecule has 0 saturated heterocycles. The van der Waals surface area contributed by atoms with Crippen LogP contribution in [-0.2, 0) is 6.42 Å². The molecule has 2 rings (SSSR count). The quantitative estimate of drug-likeness (QED) is 0.608. The van der Waals surface area contributed by atoms with Gasteiger partial charge < -0.3 is 0 Å². The van der Waals surface area contributed by atoms with Crippen molar-refractivity contribution in [2.75, 3.05) is 0 Å². The second-order valence-electron chi connectivity index (χ2n) is 4.56. The lowest BCUT2D eigenvalue weighted by atomic mass is 10.1. The molecule has 0 bridgehead atoms. The first-order valence-electron chi connectivity index (χ1n) is 7.36. The van der Waals surface area contributed by atoms with Gasteiger partial charge in [-0.1, -0.05) is 101 Å². The first-order chi connectivity index (χ1) is 9.28. The SMILES string of the molecule is CCC.CCC.c1ccc(Cc2ccccc2)cc1. The van der Waals surface area contributed by atoms with Crippen molar-refractivity contribution < 1.29 is 0 Å². The minimum absolute atomic E-state index is 1.03. The van der Waals surface area contributed by atoms with Gasteiger partial charge in [0.15, 0.2) is 0 Å². The van der Waals surface area contributed by atoms with Crippen LogP contribution in [0.5, 0.6) is 0 Å². The van der Waals surface area contributed by atoms with E-state index < -0.39 is 0 Å². The summed E-state index contributed by atoms with van der Waals surface area (Å²) in [5.74, 6) is 0. The van der Waals surface area contributed by atoms with E-state index in [-0.39, 0.29) is 0 Å². The molecule has 0 N–H and O–H groups in total. The maximum absolute atomic E-state index is 2.16. The molecule has 0 aliphatic rings. The molecule has 0 aliphatic heterocycles. The van der Waals surface area contributed by atoms with E-state index in [4.69, 9.17) is 0 Å². The molecule has 0 radical (unpaired) electrons. The summed E-state index contributed by atoms with van der Waals surface area (Å²) < 4.78 is 0. The summed E-state index contributed by atoms with van der Waals surface area (Å²) in [6.07, 6.45) is 3.53. The maximum Gasteiger partial charge on any atom is -0.00258 e. The van der Waals surface area contributed by atoms with Crippen LogP contribution in [-0.4, -0.2) is 0 Å². The zero-order valence-corrected chi connectivity index (χ0v) is 12.9. The first kappa shape index (κ1) is 17.4. The zero-order chi connectivity index (χ0) is 14.3. The highest BCUT2D eigenvalue weighted by atomic mass is 14.0. The Bertz CT molecular complexity index is 336. The van der Waals surface area contributed by atoms with E-state index in [1.54, 1.807) is 0 Å². The van der Waals surface area contributed by atoms with E-state index >= 15 is 0 Å². The smallest absolute Gasteiger partial charge is 0.00258 e. The molecule has 0 aliphatic carbocycles. The van der Waals surface area contributed by atoms with Gasteiger partial charge in [-0.25, -0.2) is 0 Å². The van der Waals surface area contributed by atoms with Crippen molar-refractivity contribution in [3.8, 4) is 0 Å². The molecule has 0 unspecified atom stereocenters. The Labute approximate surface area is 119 Å². The molecular formula is C19H28. The number of hydrogen-bond donors (Lipinski definition) is 0. The highest BCUT2D eigenvalue weighted by Crippen LogP contribution is 2.07. The molecule has 104 valence electrons. The third-order valence-corrected chi connectivity index (χ3v) is 2.09. The summed E-state index contributed by atoms with van der Waals surface area (Å²) in [4.78, 5) is 0. The van der Waals surface area contributed by atoms with E-state index in [1.165, 1.54) is 24.0 Å². The van der Waals surface area contributed by atoms with Gasteiger partial charge in [-0.05, 0) is 17.5 Å².